The highest BCUT2D eigenvalue weighted by atomic mass is 15.1. The van der Waals surface area contributed by atoms with Gasteiger partial charge in [0.2, 0.25) is 0 Å². The molecule has 0 aromatic heterocycles. The fraction of sp³-hybridized carbons (Fsp3) is 0.107. The van der Waals surface area contributed by atoms with Gasteiger partial charge in [0.15, 0.2) is 0 Å². The van der Waals surface area contributed by atoms with Crippen molar-refractivity contribution >= 4 is 55.7 Å². The molecule has 0 amide bonds. The minimum Gasteiger partial charge on any atom is -0.310 e. The van der Waals surface area contributed by atoms with Crippen LogP contribution in [-0.4, -0.2) is 0 Å². The van der Waals surface area contributed by atoms with E-state index in [-0.39, 0.29) is 10.8 Å². The van der Waals surface area contributed by atoms with E-state index in [4.69, 9.17) is 0 Å². The maximum atomic E-state index is 2.50. The Morgan fingerprint density at radius 2 is 0.586 bits per heavy atom. The molecule has 0 spiro atoms. The quantitative estimate of drug-likeness (QED) is 0.167. The zero-order valence-electron chi connectivity index (χ0n) is 33.4. The minimum atomic E-state index is -0.272. The van der Waals surface area contributed by atoms with Gasteiger partial charge in [0.1, 0.15) is 0 Å². The lowest BCUT2D eigenvalue weighted by molar-refractivity contribution is 0.601. The number of para-hydroxylation sites is 4. The highest BCUT2D eigenvalue weighted by molar-refractivity contribution is 6.13. The predicted molar refractivity (Wildman–Crippen MR) is 246 cm³/mol. The van der Waals surface area contributed by atoms with Crippen LogP contribution < -0.4 is 9.80 Å². The molecular weight excluding hydrogens is 701 g/mol. The third kappa shape index (κ3) is 4.91. The van der Waals surface area contributed by atoms with E-state index < -0.39 is 0 Å². The Labute approximate surface area is 341 Å². The molecule has 0 saturated heterocycles. The Morgan fingerprint density at radius 1 is 0.310 bits per heavy atom. The maximum Gasteiger partial charge on any atom is 0.0543 e. The molecule has 2 aliphatic rings. The van der Waals surface area contributed by atoms with E-state index in [0.717, 1.165) is 22.7 Å². The summed E-state index contributed by atoms with van der Waals surface area (Å²) in [7, 11) is 0. The summed E-state index contributed by atoms with van der Waals surface area (Å²) in [6.45, 7) is 9.84. The summed E-state index contributed by atoms with van der Waals surface area (Å²) >= 11 is 0. The van der Waals surface area contributed by atoms with Crippen LogP contribution in [0.4, 0.5) is 34.1 Å². The van der Waals surface area contributed by atoms with Gasteiger partial charge in [-0.15, -0.1) is 0 Å². The molecule has 278 valence electrons. The molecule has 2 heteroatoms. The Balaban J connectivity index is 1.16. The van der Waals surface area contributed by atoms with Crippen molar-refractivity contribution in [2.24, 2.45) is 0 Å². The van der Waals surface area contributed by atoms with E-state index in [2.05, 4.69) is 232 Å². The normalized spacial score (nSPS) is 14.1. The number of hydrogen-bond acceptors (Lipinski definition) is 2. The largest absolute Gasteiger partial charge is 0.310 e. The summed E-state index contributed by atoms with van der Waals surface area (Å²) < 4.78 is 0. The van der Waals surface area contributed by atoms with Crippen LogP contribution in [-0.2, 0) is 10.8 Å². The first-order chi connectivity index (χ1) is 28.3. The molecule has 9 aromatic rings. The van der Waals surface area contributed by atoms with Gasteiger partial charge in [-0.05, 0) is 116 Å². The van der Waals surface area contributed by atoms with Gasteiger partial charge in [-0.2, -0.15) is 0 Å². The van der Waals surface area contributed by atoms with Crippen LogP contribution in [0.2, 0.25) is 0 Å². The molecule has 0 radical (unpaired) electrons. The second-order valence-electron chi connectivity index (χ2n) is 16.9. The molecule has 58 heavy (non-hydrogen) atoms. The van der Waals surface area contributed by atoms with Gasteiger partial charge >= 0.3 is 0 Å². The van der Waals surface area contributed by atoms with E-state index in [9.17, 15) is 0 Å². The first-order valence-corrected chi connectivity index (χ1v) is 20.5. The SMILES string of the molecule is CC1(C)c2cc(N(c3ccccc3)c3ccccc3)c3ccccc3c2-c2ccc3c(c21)C(C)(C)c1cc(N(c2ccccc2)c2ccccc2)c2ccccc2c1-3. The molecular formula is C56H44N2. The van der Waals surface area contributed by atoms with Crippen LogP contribution in [0.25, 0.3) is 43.8 Å². The maximum absolute atomic E-state index is 2.50. The van der Waals surface area contributed by atoms with Gasteiger partial charge in [0.05, 0.1) is 11.4 Å². The van der Waals surface area contributed by atoms with Gasteiger partial charge in [0.25, 0.3) is 0 Å². The molecule has 0 bridgehead atoms. The molecule has 0 unspecified atom stereocenters. The number of anilines is 6. The van der Waals surface area contributed by atoms with Crippen molar-refractivity contribution in [1.29, 1.82) is 0 Å². The summed E-state index contributed by atoms with van der Waals surface area (Å²) in [5.74, 6) is 0. The molecule has 2 aliphatic carbocycles. The molecule has 0 N–H and O–H groups in total. The van der Waals surface area contributed by atoms with Crippen molar-refractivity contribution < 1.29 is 0 Å². The fourth-order valence-corrected chi connectivity index (χ4v) is 10.4. The average molecular weight is 745 g/mol. The number of hydrogen-bond donors (Lipinski definition) is 0. The van der Waals surface area contributed by atoms with Crippen LogP contribution in [0, 0.1) is 0 Å². The monoisotopic (exact) mass is 744 g/mol. The molecule has 2 nitrogen and oxygen atoms in total. The van der Waals surface area contributed by atoms with Gasteiger partial charge in [-0.25, -0.2) is 0 Å². The highest BCUT2D eigenvalue weighted by Gasteiger charge is 2.47. The summed E-state index contributed by atoms with van der Waals surface area (Å²) in [6, 6.07) is 71.2. The van der Waals surface area contributed by atoms with Crippen LogP contribution >= 0.6 is 0 Å². The zero-order valence-corrected chi connectivity index (χ0v) is 33.4. The standard InChI is InChI=1S/C56H44N2/c1-55(2)47-35-49(57(37-21-9-5-10-22-37)38-23-11-6-12-24-38)41-29-17-19-31-43(41)51(47)45-33-34-46-52-44-32-20-18-30-42(44)50(36-48(52)56(3,4)54(46)53(45)55)58(39-25-13-7-14-26-39)40-27-15-8-16-28-40/h5-36H,1-4H3. The molecule has 0 aliphatic heterocycles. The molecule has 11 rings (SSSR count). The molecule has 9 aromatic carbocycles. The number of benzene rings is 9. The predicted octanol–water partition coefficient (Wildman–Crippen LogP) is 15.5. The van der Waals surface area contributed by atoms with Crippen molar-refractivity contribution in [1.82, 2.24) is 0 Å². The fourth-order valence-electron chi connectivity index (χ4n) is 10.4. The Morgan fingerprint density at radius 3 is 0.897 bits per heavy atom. The van der Waals surface area contributed by atoms with E-state index >= 15 is 0 Å². The van der Waals surface area contributed by atoms with Gasteiger partial charge in [-0.1, -0.05) is 161 Å². The Hall–Kier alpha value is -6.90. The second-order valence-corrected chi connectivity index (χ2v) is 16.9. The van der Waals surface area contributed by atoms with Crippen LogP contribution in [0.15, 0.2) is 194 Å². The third-order valence-corrected chi connectivity index (χ3v) is 12.9. The lowest BCUT2D eigenvalue weighted by Crippen LogP contribution is -2.24. The number of fused-ring (bicyclic) bond motifs is 11. The lowest BCUT2D eigenvalue weighted by Gasteiger charge is -2.32. The number of rotatable bonds is 6. The molecule has 0 saturated carbocycles. The summed E-state index contributed by atoms with van der Waals surface area (Å²) in [5.41, 5.74) is 17.5. The second kappa shape index (κ2) is 12.8. The van der Waals surface area contributed by atoms with Crippen LogP contribution in [0.5, 0.6) is 0 Å². The van der Waals surface area contributed by atoms with Crippen molar-refractivity contribution in [2.45, 2.75) is 38.5 Å². The molecule has 0 heterocycles. The summed E-state index contributed by atoms with van der Waals surface area (Å²) in [4.78, 5) is 4.87. The van der Waals surface area contributed by atoms with Crippen molar-refractivity contribution in [3.8, 4) is 22.3 Å². The minimum absolute atomic E-state index is 0.272. The van der Waals surface area contributed by atoms with Crippen LogP contribution in [0.1, 0.15) is 49.9 Å². The zero-order chi connectivity index (χ0) is 39.2. The molecule has 0 atom stereocenters. The Kier molecular flexibility index (Phi) is 7.59. The summed E-state index contributed by atoms with van der Waals surface area (Å²) in [6.07, 6.45) is 0. The van der Waals surface area contributed by atoms with Crippen molar-refractivity contribution in [3.05, 3.63) is 216 Å². The third-order valence-electron chi connectivity index (χ3n) is 12.9. The summed E-state index contributed by atoms with van der Waals surface area (Å²) in [5, 5.41) is 5.08. The first kappa shape index (κ1) is 34.4. The van der Waals surface area contributed by atoms with E-state index in [1.807, 2.05) is 0 Å². The topological polar surface area (TPSA) is 6.48 Å². The van der Waals surface area contributed by atoms with Gasteiger partial charge in [-0.3, -0.25) is 0 Å². The lowest BCUT2D eigenvalue weighted by atomic mass is 9.72. The Bertz CT molecular complexity index is 2750. The van der Waals surface area contributed by atoms with E-state index in [1.165, 1.54) is 77.4 Å². The number of nitrogens with zero attached hydrogens (tertiary/aromatic N) is 2. The van der Waals surface area contributed by atoms with Crippen molar-refractivity contribution in [3.63, 3.8) is 0 Å². The van der Waals surface area contributed by atoms with E-state index in [1.54, 1.807) is 0 Å². The van der Waals surface area contributed by atoms with Crippen molar-refractivity contribution in [2.75, 3.05) is 9.80 Å². The first-order valence-electron chi connectivity index (χ1n) is 20.5. The van der Waals surface area contributed by atoms with Gasteiger partial charge in [0, 0.05) is 44.4 Å². The smallest absolute Gasteiger partial charge is 0.0543 e. The van der Waals surface area contributed by atoms with Crippen LogP contribution in [0.3, 0.4) is 0 Å². The average Bonchev–Trinajstić information content (AvgIpc) is 3.64. The molecule has 0 fully saturated rings. The highest BCUT2D eigenvalue weighted by Crippen LogP contribution is 2.63. The van der Waals surface area contributed by atoms with E-state index in [0.29, 0.717) is 0 Å². The van der Waals surface area contributed by atoms with Gasteiger partial charge < -0.3 is 9.80 Å².